The summed E-state index contributed by atoms with van der Waals surface area (Å²) in [6.07, 6.45) is 0. The average Bonchev–Trinajstić information content (AvgIpc) is 2.74. The van der Waals surface area contributed by atoms with Gasteiger partial charge in [0.05, 0.1) is 10.9 Å². The van der Waals surface area contributed by atoms with Crippen molar-refractivity contribution < 1.29 is 0 Å². The minimum Gasteiger partial charge on any atom is -0.369 e. The number of nitrogens with two attached hydrogens (primary N) is 1. The summed E-state index contributed by atoms with van der Waals surface area (Å²) in [4.78, 5) is 3.44. The summed E-state index contributed by atoms with van der Waals surface area (Å²) in [5, 5.41) is 0. The Morgan fingerprint density at radius 1 is 1.37 bits per heavy atom. The second kappa shape index (κ2) is 6.27. The molecule has 0 spiro atoms. The molecule has 2 aromatic rings. The Kier molecular flexibility index (Phi) is 4.90. The van der Waals surface area contributed by atoms with Crippen LogP contribution in [-0.4, -0.2) is 7.05 Å². The molecule has 2 nitrogen and oxygen atoms in total. The van der Waals surface area contributed by atoms with E-state index in [1.165, 1.54) is 4.88 Å². The summed E-state index contributed by atoms with van der Waals surface area (Å²) >= 11 is 11.1. The zero-order chi connectivity index (χ0) is 14.0. The number of hydrogen-bond acceptors (Lipinski definition) is 3. The van der Waals surface area contributed by atoms with E-state index in [9.17, 15) is 0 Å². The second-order valence-electron chi connectivity index (χ2n) is 4.56. The summed E-state index contributed by atoms with van der Waals surface area (Å²) in [5.74, 6) is 0. The molecule has 0 aliphatic carbocycles. The van der Waals surface area contributed by atoms with Gasteiger partial charge in [-0.2, -0.15) is 0 Å². The molecule has 0 unspecified atom stereocenters. The standard InChI is InChI=1S/C14H16BrClN2S/c1-9(17)12-5-3-10(7-13(12)15)18(2)8-11-4-6-14(16)19-11/h3-7,9H,8,17H2,1-2H3/t9-/m0/s1. The molecule has 0 bridgehead atoms. The van der Waals surface area contributed by atoms with Crippen LogP contribution in [0.1, 0.15) is 23.4 Å². The Bertz CT molecular complexity index is 568. The molecule has 0 fully saturated rings. The molecule has 0 aliphatic heterocycles. The van der Waals surface area contributed by atoms with Crippen LogP contribution in [-0.2, 0) is 6.54 Å². The van der Waals surface area contributed by atoms with Crippen molar-refractivity contribution in [3.05, 3.63) is 49.6 Å². The normalized spacial score (nSPS) is 12.5. The van der Waals surface area contributed by atoms with Gasteiger partial charge in [-0.3, -0.25) is 0 Å². The first-order valence-corrected chi connectivity index (χ1v) is 7.96. The van der Waals surface area contributed by atoms with Gasteiger partial charge in [0.2, 0.25) is 0 Å². The van der Waals surface area contributed by atoms with E-state index in [4.69, 9.17) is 17.3 Å². The number of rotatable bonds is 4. The highest BCUT2D eigenvalue weighted by atomic mass is 79.9. The van der Waals surface area contributed by atoms with Crippen LogP contribution in [0, 0.1) is 0 Å². The quantitative estimate of drug-likeness (QED) is 0.848. The molecule has 2 N–H and O–H groups in total. The van der Waals surface area contributed by atoms with Gasteiger partial charge in [-0.15, -0.1) is 11.3 Å². The lowest BCUT2D eigenvalue weighted by Gasteiger charge is -2.20. The molecule has 102 valence electrons. The van der Waals surface area contributed by atoms with Crippen LogP contribution in [0.4, 0.5) is 5.69 Å². The summed E-state index contributed by atoms with van der Waals surface area (Å²) in [5.41, 5.74) is 8.19. The number of nitrogens with zero attached hydrogens (tertiary/aromatic N) is 1. The third kappa shape index (κ3) is 3.72. The highest BCUT2D eigenvalue weighted by Crippen LogP contribution is 2.29. The Labute approximate surface area is 131 Å². The lowest BCUT2D eigenvalue weighted by molar-refractivity contribution is 0.812. The maximum Gasteiger partial charge on any atom is 0.0931 e. The molecule has 0 amide bonds. The van der Waals surface area contributed by atoms with Gasteiger partial charge in [-0.1, -0.05) is 33.6 Å². The molecule has 2 rings (SSSR count). The lowest BCUT2D eigenvalue weighted by atomic mass is 10.1. The first kappa shape index (κ1) is 14.9. The largest absolute Gasteiger partial charge is 0.369 e. The van der Waals surface area contributed by atoms with Crippen LogP contribution in [0.3, 0.4) is 0 Å². The molecular weight excluding hydrogens is 344 g/mol. The van der Waals surface area contributed by atoms with E-state index < -0.39 is 0 Å². The van der Waals surface area contributed by atoms with Crippen molar-refractivity contribution in [1.82, 2.24) is 0 Å². The van der Waals surface area contributed by atoms with Crippen LogP contribution in [0.25, 0.3) is 0 Å². The van der Waals surface area contributed by atoms with Gasteiger partial charge < -0.3 is 10.6 Å². The van der Waals surface area contributed by atoms with Gasteiger partial charge in [0.25, 0.3) is 0 Å². The predicted molar refractivity (Wildman–Crippen MR) is 88.2 cm³/mol. The van der Waals surface area contributed by atoms with Gasteiger partial charge >= 0.3 is 0 Å². The summed E-state index contributed by atoms with van der Waals surface area (Å²) in [7, 11) is 2.07. The van der Waals surface area contributed by atoms with Crippen LogP contribution in [0.5, 0.6) is 0 Å². The van der Waals surface area contributed by atoms with Gasteiger partial charge in [0, 0.05) is 28.1 Å². The zero-order valence-electron chi connectivity index (χ0n) is 10.9. The minimum atomic E-state index is 0.0323. The predicted octanol–water partition coefficient (Wildman–Crippen LogP) is 4.82. The van der Waals surface area contributed by atoms with Crippen molar-refractivity contribution in [1.29, 1.82) is 0 Å². The van der Waals surface area contributed by atoms with Crippen molar-refractivity contribution in [3.8, 4) is 0 Å². The molecule has 0 saturated heterocycles. The fourth-order valence-electron chi connectivity index (χ4n) is 1.88. The van der Waals surface area contributed by atoms with Crippen LogP contribution in [0.2, 0.25) is 4.34 Å². The van der Waals surface area contributed by atoms with Crippen molar-refractivity contribution in [2.75, 3.05) is 11.9 Å². The molecule has 19 heavy (non-hydrogen) atoms. The van der Waals surface area contributed by atoms with Gasteiger partial charge in [-0.05, 0) is 36.8 Å². The first-order chi connectivity index (χ1) is 8.97. The molecule has 5 heteroatoms. The molecule has 0 radical (unpaired) electrons. The SMILES string of the molecule is C[C@H](N)c1ccc(N(C)Cc2ccc(Cl)s2)cc1Br. The van der Waals surface area contributed by atoms with Crippen LogP contribution in [0.15, 0.2) is 34.8 Å². The van der Waals surface area contributed by atoms with E-state index >= 15 is 0 Å². The van der Waals surface area contributed by atoms with E-state index in [1.807, 2.05) is 13.0 Å². The monoisotopic (exact) mass is 358 g/mol. The van der Waals surface area contributed by atoms with Crippen LogP contribution < -0.4 is 10.6 Å². The van der Waals surface area contributed by atoms with Crippen LogP contribution >= 0.6 is 38.9 Å². The maximum absolute atomic E-state index is 5.95. The van der Waals surface area contributed by atoms with Gasteiger partial charge in [0.15, 0.2) is 0 Å². The smallest absolute Gasteiger partial charge is 0.0931 e. The van der Waals surface area contributed by atoms with Crippen molar-refractivity contribution in [3.63, 3.8) is 0 Å². The number of halogens is 2. The van der Waals surface area contributed by atoms with Crippen molar-refractivity contribution in [2.45, 2.75) is 19.5 Å². The molecule has 0 aliphatic rings. The van der Waals surface area contributed by atoms with E-state index in [2.05, 4.69) is 52.1 Å². The molecule has 1 atom stereocenters. The molecule has 0 saturated carbocycles. The van der Waals surface area contributed by atoms with E-state index in [1.54, 1.807) is 11.3 Å². The lowest BCUT2D eigenvalue weighted by Crippen LogP contribution is -2.16. The Hall–Kier alpha value is -0.550. The molecule has 1 heterocycles. The number of thiophene rings is 1. The topological polar surface area (TPSA) is 29.3 Å². The average molecular weight is 360 g/mol. The van der Waals surface area contributed by atoms with E-state index in [0.717, 1.165) is 26.6 Å². The Balaban J connectivity index is 2.15. The second-order valence-corrected chi connectivity index (χ2v) is 7.21. The summed E-state index contributed by atoms with van der Waals surface area (Å²) < 4.78 is 1.88. The fourth-order valence-corrected chi connectivity index (χ4v) is 3.75. The van der Waals surface area contributed by atoms with E-state index in [0.29, 0.717) is 0 Å². The number of hydrogen-bond donors (Lipinski definition) is 1. The number of anilines is 1. The highest BCUT2D eigenvalue weighted by Gasteiger charge is 2.09. The fraction of sp³-hybridized carbons (Fsp3) is 0.286. The number of benzene rings is 1. The van der Waals surface area contributed by atoms with Gasteiger partial charge in [-0.25, -0.2) is 0 Å². The minimum absolute atomic E-state index is 0.0323. The third-order valence-electron chi connectivity index (χ3n) is 2.94. The summed E-state index contributed by atoms with van der Waals surface area (Å²) in [6.45, 7) is 2.83. The molecule has 1 aromatic carbocycles. The van der Waals surface area contributed by atoms with Gasteiger partial charge in [0.1, 0.15) is 0 Å². The summed E-state index contributed by atoms with van der Waals surface area (Å²) in [6, 6.07) is 10.3. The maximum atomic E-state index is 5.95. The highest BCUT2D eigenvalue weighted by molar-refractivity contribution is 9.10. The Morgan fingerprint density at radius 2 is 2.11 bits per heavy atom. The molecular formula is C14H16BrClN2S. The van der Waals surface area contributed by atoms with E-state index in [-0.39, 0.29) is 6.04 Å². The Morgan fingerprint density at radius 3 is 2.63 bits per heavy atom. The van der Waals surface area contributed by atoms with Crippen molar-refractivity contribution in [2.24, 2.45) is 5.73 Å². The third-order valence-corrected chi connectivity index (χ3v) is 4.84. The van der Waals surface area contributed by atoms with Crippen molar-refractivity contribution >= 4 is 44.6 Å². The molecule has 1 aromatic heterocycles. The first-order valence-electron chi connectivity index (χ1n) is 5.97. The zero-order valence-corrected chi connectivity index (χ0v) is 14.0.